The monoisotopic (exact) mass is 427 g/mol. The Bertz CT molecular complexity index is 1140. The van der Waals surface area contributed by atoms with Crippen molar-refractivity contribution in [2.75, 3.05) is 6.54 Å². The summed E-state index contributed by atoms with van der Waals surface area (Å²) in [5, 5.41) is 6.68. The van der Waals surface area contributed by atoms with E-state index in [0.717, 1.165) is 11.1 Å². The van der Waals surface area contributed by atoms with Crippen LogP contribution in [0.15, 0.2) is 65.6 Å². The molecule has 4 N–H and O–H groups in total. The summed E-state index contributed by atoms with van der Waals surface area (Å²) in [5.74, 6) is -1.11. The fourth-order valence-electron chi connectivity index (χ4n) is 2.62. The van der Waals surface area contributed by atoms with E-state index in [2.05, 4.69) is 25.8 Å². The molecule has 30 heavy (non-hydrogen) atoms. The van der Waals surface area contributed by atoms with Crippen LogP contribution in [0.5, 0.6) is 0 Å². The number of aromatic amines is 1. The molecule has 0 atom stereocenters. The highest BCUT2D eigenvalue weighted by atomic mass is 32.2. The molecule has 1 aromatic heterocycles. The number of carbonyl (C=O) groups is 2. The van der Waals surface area contributed by atoms with Gasteiger partial charge >= 0.3 is 0 Å². The number of carbonyl (C=O) groups excluding carboxylic acids is 2. The number of aromatic nitrogens is 2. The first-order valence-corrected chi connectivity index (χ1v) is 10.6. The fourth-order valence-corrected chi connectivity index (χ4v) is 3.75. The number of hydrazine groups is 1. The first kappa shape index (κ1) is 21.2. The molecule has 3 rings (SSSR count). The van der Waals surface area contributed by atoms with E-state index in [1.54, 1.807) is 25.1 Å². The topological polar surface area (TPSA) is 133 Å². The summed E-state index contributed by atoms with van der Waals surface area (Å²) in [6, 6.07) is 17.3. The molecule has 3 aromatic rings. The number of benzene rings is 2. The number of H-pyrrole nitrogens is 1. The van der Waals surface area contributed by atoms with Crippen LogP contribution in [0.4, 0.5) is 0 Å². The smallest absolute Gasteiger partial charge is 0.273 e. The molecule has 0 aliphatic rings. The summed E-state index contributed by atoms with van der Waals surface area (Å²) in [6.45, 7) is 1.68. The molecule has 0 spiro atoms. The van der Waals surface area contributed by atoms with Crippen molar-refractivity contribution in [3.8, 4) is 11.3 Å². The molecule has 0 bridgehead atoms. The maximum atomic E-state index is 12.2. The van der Waals surface area contributed by atoms with Crippen LogP contribution in [0.25, 0.3) is 11.3 Å². The minimum Gasteiger partial charge on any atom is -0.273 e. The minimum absolute atomic E-state index is 0.111. The number of rotatable bonds is 7. The van der Waals surface area contributed by atoms with Gasteiger partial charge in [-0.2, -0.15) is 5.10 Å². The lowest BCUT2D eigenvalue weighted by Crippen LogP contribution is -2.43. The highest BCUT2D eigenvalue weighted by Gasteiger charge is 2.15. The van der Waals surface area contributed by atoms with E-state index >= 15 is 0 Å². The minimum atomic E-state index is -3.71. The number of sulfonamides is 1. The average molecular weight is 427 g/mol. The van der Waals surface area contributed by atoms with Crippen LogP contribution in [0.3, 0.4) is 0 Å². The number of nitrogens with zero attached hydrogens (tertiary/aromatic N) is 1. The van der Waals surface area contributed by atoms with Gasteiger partial charge in [0.2, 0.25) is 15.9 Å². The molecule has 0 aliphatic carbocycles. The summed E-state index contributed by atoms with van der Waals surface area (Å²) in [7, 11) is -3.71. The number of aryl methyl sites for hydroxylation is 1. The molecule has 9 nitrogen and oxygen atoms in total. The van der Waals surface area contributed by atoms with Crippen molar-refractivity contribution in [3.63, 3.8) is 0 Å². The number of nitrogens with one attached hydrogen (secondary N) is 4. The fraction of sp³-hybridized carbons (Fsp3) is 0.150. The Morgan fingerprint density at radius 3 is 2.50 bits per heavy atom. The van der Waals surface area contributed by atoms with Gasteiger partial charge in [0, 0.05) is 18.5 Å². The van der Waals surface area contributed by atoms with Crippen LogP contribution in [-0.2, 0) is 14.8 Å². The van der Waals surface area contributed by atoms with E-state index in [1.807, 2.05) is 30.3 Å². The lowest BCUT2D eigenvalue weighted by Gasteiger charge is -2.08. The van der Waals surface area contributed by atoms with Gasteiger partial charge in [-0.1, -0.05) is 42.5 Å². The van der Waals surface area contributed by atoms with E-state index in [4.69, 9.17) is 0 Å². The Labute approximate surface area is 173 Å². The molecule has 10 heteroatoms. The molecule has 1 heterocycles. The Morgan fingerprint density at radius 1 is 1.00 bits per heavy atom. The summed E-state index contributed by atoms with van der Waals surface area (Å²) in [5.41, 5.74) is 6.94. The third-order valence-corrected chi connectivity index (χ3v) is 5.61. The second-order valence-corrected chi connectivity index (χ2v) is 8.27. The molecule has 0 saturated heterocycles. The highest BCUT2D eigenvalue weighted by molar-refractivity contribution is 7.89. The molecular weight excluding hydrogens is 406 g/mol. The van der Waals surface area contributed by atoms with Gasteiger partial charge in [0.25, 0.3) is 5.91 Å². The Morgan fingerprint density at radius 2 is 1.77 bits per heavy atom. The third-order valence-electron chi connectivity index (χ3n) is 4.15. The van der Waals surface area contributed by atoms with Gasteiger partial charge in [-0.25, -0.2) is 13.1 Å². The van der Waals surface area contributed by atoms with Crippen molar-refractivity contribution < 1.29 is 18.0 Å². The van der Waals surface area contributed by atoms with Crippen LogP contribution < -0.4 is 15.6 Å². The summed E-state index contributed by atoms with van der Waals surface area (Å²) in [4.78, 5) is 24.2. The third kappa shape index (κ3) is 5.52. The summed E-state index contributed by atoms with van der Waals surface area (Å²) in [6.07, 6.45) is -0.149. The van der Waals surface area contributed by atoms with Gasteiger partial charge in [0.05, 0.1) is 10.6 Å². The lowest BCUT2D eigenvalue weighted by atomic mass is 10.1. The van der Waals surface area contributed by atoms with Gasteiger partial charge < -0.3 is 0 Å². The van der Waals surface area contributed by atoms with E-state index in [1.165, 1.54) is 12.1 Å². The first-order valence-electron chi connectivity index (χ1n) is 9.11. The van der Waals surface area contributed by atoms with Crippen molar-refractivity contribution in [1.29, 1.82) is 0 Å². The van der Waals surface area contributed by atoms with Gasteiger partial charge in [-0.05, 0) is 30.7 Å². The molecular formula is C20H21N5O4S. The van der Waals surface area contributed by atoms with Crippen LogP contribution in [0.1, 0.15) is 22.5 Å². The summed E-state index contributed by atoms with van der Waals surface area (Å²) < 4.78 is 26.8. The van der Waals surface area contributed by atoms with Crippen molar-refractivity contribution >= 4 is 21.8 Å². The largest absolute Gasteiger partial charge is 0.287 e. The normalized spacial score (nSPS) is 11.1. The van der Waals surface area contributed by atoms with Crippen molar-refractivity contribution in [2.24, 2.45) is 0 Å². The maximum Gasteiger partial charge on any atom is 0.287 e. The van der Waals surface area contributed by atoms with E-state index < -0.39 is 21.8 Å². The second-order valence-electron chi connectivity index (χ2n) is 6.50. The van der Waals surface area contributed by atoms with Crippen LogP contribution in [0, 0.1) is 6.92 Å². The van der Waals surface area contributed by atoms with Gasteiger partial charge in [0.1, 0.15) is 5.69 Å². The lowest BCUT2D eigenvalue weighted by molar-refractivity contribution is -0.121. The zero-order valence-electron chi connectivity index (χ0n) is 16.2. The standard InChI is InChI=1S/C20H21N5O4S/c1-14-6-5-9-16(12-14)30(28,29)21-11-10-19(26)24-25-20(27)18-13-17(22-23-18)15-7-3-2-4-8-15/h2-9,12-13,21H,10-11H2,1H3,(H,22,23)(H,24,26)(H,25,27). The van der Waals surface area contributed by atoms with Crippen molar-refractivity contribution in [3.05, 3.63) is 71.9 Å². The van der Waals surface area contributed by atoms with Gasteiger partial charge in [-0.15, -0.1) is 0 Å². The van der Waals surface area contributed by atoms with Crippen LogP contribution in [0.2, 0.25) is 0 Å². The zero-order valence-corrected chi connectivity index (χ0v) is 17.0. The first-order chi connectivity index (χ1) is 14.3. The van der Waals surface area contributed by atoms with Gasteiger partial charge in [0.15, 0.2) is 0 Å². The van der Waals surface area contributed by atoms with Crippen LogP contribution >= 0.6 is 0 Å². The number of hydrogen-bond donors (Lipinski definition) is 4. The molecule has 0 fully saturated rings. The number of hydrogen-bond acceptors (Lipinski definition) is 5. The molecule has 0 unspecified atom stereocenters. The quantitative estimate of drug-likeness (QED) is 0.424. The number of amides is 2. The predicted octanol–water partition coefficient (Wildman–Crippen LogP) is 1.51. The van der Waals surface area contributed by atoms with Gasteiger partial charge in [-0.3, -0.25) is 25.5 Å². The molecule has 0 aliphatic heterocycles. The Balaban J connectivity index is 1.46. The molecule has 156 valence electrons. The van der Waals surface area contributed by atoms with E-state index in [-0.39, 0.29) is 23.6 Å². The predicted molar refractivity (Wildman–Crippen MR) is 111 cm³/mol. The summed E-state index contributed by atoms with van der Waals surface area (Å²) >= 11 is 0. The molecule has 0 radical (unpaired) electrons. The molecule has 2 amide bonds. The Kier molecular flexibility index (Phi) is 6.60. The molecule has 2 aromatic carbocycles. The van der Waals surface area contributed by atoms with Crippen molar-refractivity contribution in [1.82, 2.24) is 25.8 Å². The highest BCUT2D eigenvalue weighted by Crippen LogP contribution is 2.16. The second kappa shape index (κ2) is 9.33. The van der Waals surface area contributed by atoms with E-state index in [0.29, 0.717) is 5.69 Å². The zero-order chi connectivity index (χ0) is 21.6. The van der Waals surface area contributed by atoms with E-state index in [9.17, 15) is 18.0 Å². The maximum absolute atomic E-state index is 12.2. The molecule has 0 saturated carbocycles. The van der Waals surface area contributed by atoms with Crippen molar-refractivity contribution in [2.45, 2.75) is 18.2 Å². The Hall–Kier alpha value is -3.50. The SMILES string of the molecule is Cc1cccc(S(=O)(=O)NCCC(=O)NNC(=O)c2cc(-c3ccccc3)n[nH]2)c1. The average Bonchev–Trinajstić information content (AvgIpc) is 3.23. The van der Waals surface area contributed by atoms with Crippen LogP contribution in [-0.4, -0.2) is 37.0 Å².